The van der Waals surface area contributed by atoms with Crippen molar-refractivity contribution in [2.24, 2.45) is 0 Å². The highest BCUT2D eigenvalue weighted by Crippen LogP contribution is 2.22. The molecule has 0 fully saturated rings. The molecule has 0 aliphatic heterocycles. The Bertz CT molecular complexity index is 487. The lowest BCUT2D eigenvalue weighted by Gasteiger charge is -2.11. The number of hydrogen-bond acceptors (Lipinski definition) is 2. The van der Waals surface area contributed by atoms with E-state index in [0.29, 0.717) is 6.54 Å². The molecule has 2 aromatic rings. The van der Waals surface area contributed by atoms with E-state index >= 15 is 0 Å². The van der Waals surface area contributed by atoms with Crippen molar-refractivity contribution < 1.29 is 5.11 Å². The highest BCUT2D eigenvalue weighted by molar-refractivity contribution is 6.18. The van der Waals surface area contributed by atoms with Gasteiger partial charge in [-0.3, -0.25) is 0 Å². The summed E-state index contributed by atoms with van der Waals surface area (Å²) in [7, 11) is 0. The maximum Gasteiger partial charge on any atom is 0.0847 e. The quantitative estimate of drug-likeness (QED) is 0.809. The fraction of sp³-hybridized carbons (Fsp3) is 0.200. The van der Waals surface area contributed by atoms with Crippen LogP contribution in [0, 0.1) is 0 Å². The molecule has 0 heterocycles. The number of anilines is 1. The van der Waals surface area contributed by atoms with E-state index in [9.17, 15) is 5.11 Å². The fourth-order valence-electron chi connectivity index (χ4n) is 1.73. The molecule has 0 spiro atoms. The van der Waals surface area contributed by atoms with Crippen LogP contribution in [0.15, 0.2) is 54.6 Å². The van der Waals surface area contributed by atoms with Crippen LogP contribution in [0.25, 0.3) is 11.1 Å². The predicted octanol–water partition coefficient (Wildman–Crippen LogP) is 3.37. The largest absolute Gasteiger partial charge is 0.390 e. The second-order valence-electron chi connectivity index (χ2n) is 4.14. The molecule has 0 saturated carbocycles. The van der Waals surface area contributed by atoms with Crippen LogP contribution in [-0.4, -0.2) is 23.6 Å². The highest BCUT2D eigenvalue weighted by Gasteiger charge is 2.02. The Morgan fingerprint density at radius 2 is 1.72 bits per heavy atom. The number of rotatable bonds is 5. The van der Waals surface area contributed by atoms with E-state index < -0.39 is 6.10 Å². The van der Waals surface area contributed by atoms with Crippen LogP contribution in [0.5, 0.6) is 0 Å². The van der Waals surface area contributed by atoms with Gasteiger partial charge in [0.1, 0.15) is 0 Å². The molecule has 0 saturated heterocycles. The average Bonchev–Trinajstić information content (AvgIpc) is 2.46. The third-order valence-electron chi connectivity index (χ3n) is 2.69. The smallest absolute Gasteiger partial charge is 0.0847 e. The monoisotopic (exact) mass is 261 g/mol. The van der Waals surface area contributed by atoms with Crippen molar-refractivity contribution in [2.75, 3.05) is 17.7 Å². The number of aliphatic hydroxyl groups is 1. The molecule has 0 radical (unpaired) electrons. The van der Waals surface area contributed by atoms with Gasteiger partial charge < -0.3 is 10.4 Å². The Morgan fingerprint density at radius 3 is 2.44 bits per heavy atom. The molecule has 2 rings (SSSR count). The number of alkyl halides is 1. The Morgan fingerprint density at radius 1 is 1.00 bits per heavy atom. The van der Waals surface area contributed by atoms with Gasteiger partial charge in [-0.2, -0.15) is 0 Å². The van der Waals surface area contributed by atoms with Crippen LogP contribution >= 0.6 is 11.6 Å². The number of hydrogen-bond donors (Lipinski definition) is 2. The van der Waals surface area contributed by atoms with Crippen LogP contribution in [0.3, 0.4) is 0 Å². The zero-order chi connectivity index (χ0) is 12.8. The third-order valence-corrected chi connectivity index (χ3v) is 3.05. The van der Waals surface area contributed by atoms with Gasteiger partial charge in [0.05, 0.1) is 12.0 Å². The number of nitrogens with one attached hydrogen (secondary N) is 1. The first kappa shape index (κ1) is 12.9. The fourth-order valence-corrected chi connectivity index (χ4v) is 1.84. The van der Waals surface area contributed by atoms with Crippen LogP contribution in [0.1, 0.15) is 0 Å². The summed E-state index contributed by atoms with van der Waals surface area (Å²) in [6, 6.07) is 18.3. The van der Waals surface area contributed by atoms with Crippen molar-refractivity contribution in [1.82, 2.24) is 0 Å². The first-order chi connectivity index (χ1) is 8.79. The Kier molecular flexibility index (Phi) is 4.62. The minimum absolute atomic E-state index is 0.241. The van der Waals surface area contributed by atoms with Gasteiger partial charge in [-0.15, -0.1) is 11.6 Å². The molecule has 1 atom stereocenters. The van der Waals surface area contributed by atoms with Gasteiger partial charge in [-0.05, 0) is 23.3 Å². The molecule has 18 heavy (non-hydrogen) atoms. The molecular formula is C15H16ClNO. The maximum absolute atomic E-state index is 9.41. The maximum atomic E-state index is 9.41. The molecular weight excluding hydrogens is 246 g/mol. The summed E-state index contributed by atoms with van der Waals surface area (Å²) in [5.74, 6) is 0.241. The van der Waals surface area contributed by atoms with Crippen LogP contribution in [0.4, 0.5) is 5.69 Å². The molecule has 94 valence electrons. The van der Waals surface area contributed by atoms with E-state index in [1.54, 1.807) is 0 Å². The van der Waals surface area contributed by atoms with E-state index in [4.69, 9.17) is 11.6 Å². The molecule has 2 N–H and O–H groups in total. The molecule has 3 heteroatoms. The Hall–Kier alpha value is -1.51. The molecule has 0 aliphatic rings. The lowest BCUT2D eigenvalue weighted by atomic mass is 10.1. The van der Waals surface area contributed by atoms with Crippen molar-refractivity contribution in [2.45, 2.75) is 6.10 Å². The second-order valence-corrected chi connectivity index (χ2v) is 4.44. The average molecular weight is 262 g/mol. The SMILES string of the molecule is OC(CCl)CNc1cccc(-c2ccccc2)c1. The van der Waals surface area contributed by atoms with E-state index in [-0.39, 0.29) is 5.88 Å². The number of halogens is 1. The molecule has 0 bridgehead atoms. The molecule has 0 amide bonds. The predicted molar refractivity (Wildman–Crippen MR) is 77.1 cm³/mol. The van der Waals surface area contributed by atoms with Crippen molar-refractivity contribution in [3.8, 4) is 11.1 Å². The van der Waals surface area contributed by atoms with Crippen molar-refractivity contribution >= 4 is 17.3 Å². The lowest BCUT2D eigenvalue weighted by molar-refractivity contribution is 0.211. The highest BCUT2D eigenvalue weighted by atomic mass is 35.5. The van der Waals surface area contributed by atoms with Gasteiger partial charge in [0, 0.05) is 12.2 Å². The van der Waals surface area contributed by atoms with Crippen LogP contribution < -0.4 is 5.32 Å². The summed E-state index contributed by atoms with van der Waals surface area (Å²) in [5.41, 5.74) is 3.32. The van der Waals surface area contributed by atoms with Crippen molar-refractivity contribution in [3.63, 3.8) is 0 Å². The third kappa shape index (κ3) is 3.49. The van der Waals surface area contributed by atoms with E-state index in [0.717, 1.165) is 11.3 Å². The van der Waals surface area contributed by atoms with Gasteiger partial charge in [-0.25, -0.2) is 0 Å². The van der Waals surface area contributed by atoms with Crippen molar-refractivity contribution in [3.05, 3.63) is 54.6 Å². The summed E-state index contributed by atoms with van der Waals surface area (Å²) in [6.45, 7) is 0.460. The zero-order valence-electron chi connectivity index (χ0n) is 10.0. The lowest BCUT2D eigenvalue weighted by Crippen LogP contribution is -2.20. The molecule has 2 aromatic carbocycles. The zero-order valence-corrected chi connectivity index (χ0v) is 10.8. The first-order valence-corrected chi connectivity index (χ1v) is 6.46. The number of benzene rings is 2. The standard InChI is InChI=1S/C15H16ClNO/c16-10-15(18)11-17-14-8-4-7-13(9-14)12-5-2-1-3-6-12/h1-9,15,17-18H,10-11H2. The van der Waals surface area contributed by atoms with Gasteiger partial charge in [0.2, 0.25) is 0 Å². The van der Waals surface area contributed by atoms with Crippen LogP contribution in [0.2, 0.25) is 0 Å². The normalized spacial score (nSPS) is 12.1. The van der Waals surface area contributed by atoms with Crippen molar-refractivity contribution in [1.29, 1.82) is 0 Å². The summed E-state index contributed by atoms with van der Waals surface area (Å²) in [5, 5.41) is 12.6. The van der Waals surface area contributed by atoms with Crippen LogP contribution in [-0.2, 0) is 0 Å². The molecule has 0 aliphatic carbocycles. The molecule has 0 aromatic heterocycles. The Labute approximate surface area is 112 Å². The van der Waals surface area contributed by atoms with Gasteiger partial charge >= 0.3 is 0 Å². The molecule has 1 unspecified atom stereocenters. The minimum atomic E-state index is -0.521. The summed E-state index contributed by atoms with van der Waals surface area (Å²) in [6.07, 6.45) is -0.521. The van der Waals surface area contributed by atoms with Gasteiger partial charge in [-0.1, -0.05) is 42.5 Å². The van der Waals surface area contributed by atoms with Gasteiger partial charge in [0.25, 0.3) is 0 Å². The van der Waals surface area contributed by atoms with E-state index in [1.807, 2.05) is 30.3 Å². The summed E-state index contributed by atoms with van der Waals surface area (Å²) >= 11 is 5.56. The Balaban J connectivity index is 2.11. The van der Waals surface area contributed by atoms with Gasteiger partial charge in [0.15, 0.2) is 0 Å². The van der Waals surface area contributed by atoms with E-state index in [1.165, 1.54) is 5.56 Å². The molecule has 2 nitrogen and oxygen atoms in total. The first-order valence-electron chi connectivity index (χ1n) is 5.93. The summed E-state index contributed by atoms with van der Waals surface area (Å²) < 4.78 is 0. The minimum Gasteiger partial charge on any atom is -0.390 e. The summed E-state index contributed by atoms with van der Waals surface area (Å²) in [4.78, 5) is 0. The number of aliphatic hydroxyl groups excluding tert-OH is 1. The van der Waals surface area contributed by atoms with E-state index in [2.05, 4.69) is 29.6 Å². The topological polar surface area (TPSA) is 32.3 Å². The second kappa shape index (κ2) is 6.43.